The Morgan fingerprint density at radius 2 is 1.84 bits per heavy atom. The predicted molar refractivity (Wildman–Crippen MR) is 107 cm³/mol. The number of hydrogen-bond donors (Lipinski definition) is 6. The number of ether oxygens (including phenoxy) is 1. The van der Waals surface area contributed by atoms with Crippen LogP contribution >= 0.6 is 0 Å². The third-order valence-electron chi connectivity index (χ3n) is 4.25. The van der Waals surface area contributed by atoms with Crippen molar-refractivity contribution in [1.29, 1.82) is 5.41 Å². The standard InChI is InChI=1S/C9H13N3O5.C8H9FN2O2S/c10-5-1-2-12(9(16)11-5)8-7(15)6(14)4(3-13)17-8;9-14(12,13)5-6-1-3-7(4-2-6)8(10)11/h1-2,4,6-8,13-15H,3H2,(H2,10,11,16);1-4H,5H2,(H3,10,11)/t4-,6-,7+,8-;/m1./s1. The van der Waals surface area contributed by atoms with Crippen LogP contribution in [0.4, 0.5) is 9.70 Å². The zero-order chi connectivity index (χ0) is 23.3. The molecule has 4 atom stereocenters. The van der Waals surface area contributed by atoms with Crippen molar-refractivity contribution in [2.45, 2.75) is 30.3 Å². The zero-order valence-corrected chi connectivity index (χ0v) is 16.8. The number of nitrogen functional groups attached to an aromatic ring is 2. The number of amidine groups is 1. The second-order valence-corrected chi connectivity index (χ2v) is 7.93. The van der Waals surface area contributed by atoms with E-state index in [9.17, 15) is 27.3 Å². The van der Waals surface area contributed by atoms with Gasteiger partial charge in [-0.25, -0.2) is 4.79 Å². The van der Waals surface area contributed by atoms with E-state index in [0.717, 1.165) is 4.57 Å². The summed E-state index contributed by atoms with van der Waals surface area (Å²) in [5.41, 5.74) is 10.6. The van der Waals surface area contributed by atoms with Gasteiger partial charge in [0.2, 0.25) is 0 Å². The Bertz CT molecular complexity index is 1080. The smallest absolute Gasteiger partial charge is 0.351 e. The summed E-state index contributed by atoms with van der Waals surface area (Å²) < 4.78 is 39.0. The van der Waals surface area contributed by atoms with Crippen LogP contribution in [0, 0.1) is 5.41 Å². The number of anilines is 1. The lowest BCUT2D eigenvalue weighted by atomic mass is 10.1. The van der Waals surface area contributed by atoms with Crippen molar-refractivity contribution < 1.29 is 32.4 Å². The van der Waals surface area contributed by atoms with Gasteiger partial charge in [-0.15, -0.1) is 3.89 Å². The average Bonchev–Trinajstić information content (AvgIpc) is 2.96. The summed E-state index contributed by atoms with van der Waals surface area (Å²) in [6.07, 6.45) is -3.27. The first-order valence-electron chi connectivity index (χ1n) is 8.75. The van der Waals surface area contributed by atoms with E-state index >= 15 is 0 Å². The van der Waals surface area contributed by atoms with Crippen LogP contribution < -0.4 is 17.2 Å². The van der Waals surface area contributed by atoms with Crippen LogP contribution in [0.15, 0.2) is 41.3 Å². The van der Waals surface area contributed by atoms with Crippen LogP contribution in [0.5, 0.6) is 0 Å². The predicted octanol–water partition coefficient (Wildman–Crippen LogP) is -1.79. The number of rotatable bonds is 5. The van der Waals surface area contributed by atoms with E-state index in [4.69, 9.17) is 26.7 Å². The van der Waals surface area contributed by atoms with Crippen LogP contribution in [0.25, 0.3) is 0 Å². The molecule has 3 rings (SSSR count). The number of aliphatic hydroxyl groups is 3. The van der Waals surface area contributed by atoms with Gasteiger partial charge in [-0.2, -0.15) is 13.4 Å². The van der Waals surface area contributed by atoms with Gasteiger partial charge in [0.15, 0.2) is 6.23 Å². The van der Waals surface area contributed by atoms with E-state index in [-0.39, 0.29) is 11.7 Å². The number of hydrogen-bond acceptors (Lipinski definition) is 10. The van der Waals surface area contributed by atoms with Crippen molar-refractivity contribution in [3.05, 3.63) is 58.1 Å². The van der Waals surface area contributed by atoms with E-state index in [1.54, 1.807) is 0 Å². The van der Waals surface area contributed by atoms with Crippen molar-refractivity contribution in [2.24, 2.45) is 5.73 Å². The Balaban J connectivity index is 0.000000225. The van der Waals surface area contributed by atoms with E-state index in [1.807, 2.05) is 0 Å². The Morgan fingerprint density at radius 1 is 1.23 bits per heavy atom. The first-order valence-corrected chi connectivity index (χ1v) is 10.3. The molecule has 1 fully saturated rings. The van der Waals surface area contributed by atoms with Gasteiger partial charge in [0.1, 0.15) is 35.7 Å². The maximum atomic E-state index is 12.2. The third kappa shape index (κ3) is 6.53. The summed E-state index contributed by atoms with van der Waals surface area (Å²) in [7, 11) is -4.50. The highest BCUT2D eigenvalue weighted by atomic mass is 32.3. The molecule has 0 saturated carbocycles. The number of aromatic nitrogens is 2. The first kappa shape index (κ1) is 24.4. The number of nitrogens with zero attached hydrogens (tertiary/aromatic N) is 2. The molecule has 12 nitrogen and oxygen atoms in total. The van der Waals surface area contributed by atoms with Crippen LogP contribution in [-0.4, -0.2) is 64.0 Å². The lowest BCUT2D eigenvalue weighted by Gasteiger charge is -2.16. The Kier molecular flexibility index (Phi) is 7.80. The molecular formula is C17H22FN5O7S. The van der Waals surface area contributed by atoms with Crippen molar-refractivity contribution in [3.8, 4) is 0 Å². The van der Waals surface area contributed by atoms with Crippen molar-refractivity contribution in [1.82, 2.24) is 9.55 Å². The summed E-state index contributed by atoms with van der Waals surface area (Å²) >= 11 is 0. The van der Waals surface area contributed by atoms with E-state index < -0.39 is 52.8 Å². The summed E-state index contributed by atoms with van der Waals surface area (Å²) in [5.74, 6) is -0.705. The van der Waals surface area contributed by atoms with Gasteiger partial charge in [-0.3, -0.25) is 9.98 Å². The number of nitrogens with two attached hydrogens (primary N) is 2. The molecule has 0 bridgehead atoms. The van der Waals surface area contributed by atoms with Crippen molar-refractivity contribution in [3.63, 3.8) is 0 Å². The lowest BCUT2D eigenvalue weighted by molar-refractivity contribution is -0.0549. The van der Waals surface area contributed by atoms with E-state index in [1.165, 1.54) is 36.5 Å². The highest BCUT2D eigenvalue weighted by Gasteiger charge is 2.43. The van der Waals surface area contributed by atoms with Crippen LogP contribution in [-0.2, 0) is 20.7 Å². The zero-order valence-electron chi connectivity index (χ0n) is 16.0. The van der Waals surface area contributed by atoms with Gasteiger partial charge >= 0.3 is 15.9 Å². The van der Waals surface area contributed by atoms with Gasteiger partial charge in [-0.05, 0) is 11.6 Å². The minimum atomic E-state index is -4.50. The lowest BCUT2D eigenvalue weighted by Crippen LogP contribution is -2.36. The topological polar surface area (TPSA) is 215 Å². The summed E-state index contributed by atoms with van der Waals surface area (Å²) in [6, 6.07) is 7.17. The highest BCUT2D eigenvalue weighted by Crippen LogP contribution is 2.27. The molecular weight excluding hydrogens is 437 g/mol. The molecule has 1 aliphatic heterocycles. The molecule has 0 aliphatic carbocycles. The molecule has 1 aromatic heterocycles. The van der Waals surface area contributed by atoms with Crippen molar-refractivity contribution in [2.75, 3.05) is 12.3 Å². The second kappa shape index (κ2) is 9.93. The number of benzene rings is 1. The van der Waals surface area contributed by atoms with Crippen LogP contribution in [0.3, 0.4) is 0 Å². The largest absolute Gasteiger partial charge is 0.394 e. The first-order chi connectivity index (χ1) is 14.4. The van der Waals surface area contributed by atoms with E-state index in [0.29, 0.717) is 11.1 Å². The molecule has 0 unspecified atom stereocenters. The molecule has 14 heteroatoms. The quantitative estimate of drug-likeness (QED) is 0.168. The summed E-state index contributed by atoms with van der Waals surface area (Å²) in [4.78, 5) is 15.0. The van der Waals surface area contributed by atoms with Gasteiger partial charge in [0, 0.05) is 11.8 Å². The van der Waals surface area contributed by atoms with Gasteiger partial charge in [0.05, 0.1) is 6.61 Å². The fraction of sp³-hybridized carbons (Fsp3) is 0.353. The fourth-order valence-corrected chi connectivity index (χ4v) is 3.30. The molecule has 0 radical (unpaired) electrons. The molecule has 1 aliphatic rings. The molecule has 31 heavy (non-hydrogen) atoms. The number of halogens is 1. The molecule has 2 aromatic rings. The summed E-state index contributed by atoms with van der Waals surface area (Å²) in [6.45, 7) is -0.453. The molecule has 1 aromatic carbocycles. The minimum absolute atomic E-state index is 0.0537. The molecule has 170 valence electrons. The van der Waals surface area contributed by atoms with Crippen LogP contribution in [0.1, 0.15) is 17.4 Å². The third-order valence-corrected chi connectivity index (χ3v) is 4.92. The van der Waals surface area contributed by atoms with Crippen LogP contribution in [0.2, 0.25) is 0 Å². The molecule has 2 heterocycles. The van der Waals surface area contributed by atoms with Gasteiger partial charge < -0.3 is 31.5 Å². The maximum absolute atomic E-state index is 12.2. The van der Waals surface area contributed by atoms with Gasteiger partial charge in [-0.1, -0.05) is 24.3 Å². The van der Waals surface area contributed by atoms with Crippen molar-refractivity contribution >= 4 is 21.9 Å². The Labute approximate surface area is 176 Å². The maximum Gasteiger partial charge on any atom is 0.351 e. The molecule has 8 N–H and O–H groups in total. The highest BCUT2D eigenvalue weighted by molar-refractivity contribution is 7.85. The second-order valence-electron chi connectivity index (χ2n) is 6.56. The summed E-state index contributed by atoms with van der Waals surface area (Å²) in [5, 5.41) is 35.2. The Hall–Kier alpha value is -2.91. The molecule has 0 spiro atoms. The number of aliphatic hydroxyl groups excluding tert-OH is 3. The SMILES string of the molecule is N=C(N)c1ccc(CS(=O)(=O)F)cc1.Nc1ccn([C@@H]2O[C@H](CO)[C@@H](O)[C@@H]2O)c(=O)n1. The minimum Gasteiger partial charge on any atom is -0.394 e. The monoisotopic (exact) mass is 459 g/mol. The van der Waals surface area contributed by atoms with Gasteiger partial charge in [0.25, 0.3) is 0 Å². The fourth-order valence-electron chi connectivity index (χ4n) is 2.71. The molecule has 1 saturated heterocycles. The number of nitrogens with one attached hydrogen (secondary N) is 1. The average molecular weight is 459 g/mol. The Morgan fingerprint density at radius 3 is 2.29 bits per heavy atom. The molecule has 0 amide bonds. The van der Waals surface area contributed by atoms with E-state index in [2.05, 4.69) is 4.98 Å². The normalized spacial score (nSPS) is 23.1.